The van der Waals surface area contributed by atoms with Crippen LogP contribution >= 0.6 is 11.3 Å². The summed E-state index contributed by atoms with van der Waals surface area (Å²) in [5, 5.41) is 0. The summed E-state index contributed by atoms with van der Waals surface area (Å²) in [6.07, 6.45) is 3.52. The number of thiazole rings is 1. The Labute approximate surface area is 235 Å². The summed E-state index contributed by atoms with van der Waals surface area (Å²) in [6, 6.07) is 21.2. The third-order valence-corrected chi connectivity index (χ3v) is 8.11. The number of nitrogens with zero attached hydrogens (tertiary/aromatic N) is 2. The van der Waals surface area contributed by atoms with Crippen LogP contribution in [0.4, 0.5) is 0 Å². The van der Waals surface area contributed by atoms with Gasteiger partial charge in [0.15, 0.2) is 16.3 Å². The molecule has 1 aliphatic carbocycles. The first-order valence-electron chi connectivity index (χ1n) is 13.2. The van der Waals surface area contributed by atoms with Crippen LogP contribution in [0.5, 0.6) is 17.2 Å². The number of fused-ring (bicyclic) bond motifs is 3. The van der Waals surface area contributed by atoms with Gasteiger partial charge in [0.1, 0.15) is 5.75 Å². The van der Waals surface area contributed by atoms with E-state index in [1.165, 1.54) is 23.8 Å². The molecule has 1 aromatic heterocycles. The molecule has 0 radical (unpaired) electrons. The van der Waals surface area contributed by atoms with Crippen molar-refractivity contribution in [1.29, 1.82) is 0 Å². The normalized spacial score (nSPS) is 16.0. The highest BCUT2D eigenvalue weighted by Gasteiger charge is 2.34. The second-order valence-corrected chi connectivity index (χ2v) is 10.6. The third kappa shape index (κ3) is 4.54. The molecule has 0 amide bonds. The van der Waals surface area contributed by atoms with Gasteiger partial charge in [-0.3, -0.25) is 14.2 Å². The van der Waals surface area contributed by atoms with Gasteiger partial charge in [-0.05, 0) is 60.7 Å². The molecule has 1 atom stereocenters. The van der Waals surface area contributed by atoms with Gasteiger partial charge in [0.2, 0.25) is 0 Å². The molecule has 0 saturated carbocycles. The van der Waals surface area contributed by atoms with Gasteiger partial charge >= 0.3 is 5.97 Å². The van der Waals surface area contributed by atoms with Crippen molar-refractivity contribution in [3.8, 4) is 17.2 Å². The summed E-state index contributed by atoms with van der Waals surface area (Å²) in [5.74, 6) is 1.09. The van der Waals surface area contributed by atoms with Crippen LogP contribution < -0.4 is 29.1 Å². The predicted molar refractivity (Wildman–Crippen MR) is 155 cm³/mol. The van der Waals surface area contributed by atoms with Crippen molar-refractivity contribution in [1.82, 2.24) is 4.57 Å². The highest BCUT2D eigenvalue weighted by molar-refractivity contribution is 7.07. The molecule has 202 valence electrons. The van der Waals surface area contributed by atoms with E-state index in [2.05, 4.69) is 18.2 Å². The first-order chi connectivity index (χ1) is 19.5. The molecule has 0 saturated heterocycles. The number of carbonyl (C=O) groups is 1. The van der Waals surface area contributed by atoms with E-state index in [1.54, 1.807) is 29.9 Å². The van der Waals surface area contributed by atoms with Gasteiger partial charge in [0.05, 0.1) is 30.0 Å². The number of carbonyl (C=O) groups excluding carboxylic acids is 1. The molecular formula is C32H28N2O5S. The molecule has 0 fully saturated rings. The van der Waals surface area contributed by atoms with Crippen LogP contribution in [-0.2, 0) is 11.2 Å². The number of aromatic nitrogens is 1. The summed E-state index contributed by atoms with van der Waals surface area (Å²) in [5.41, 5.74) is 6.01. The lowest BCUT2D eigenvalue weighted by Gasteiger charge is -2.31. The summed E-state index contributed by atoms with van der Waals surface area (Å²) in [7, 11) is 1.66. The van der Waals surface area contributed by atoms with E-state index in [-0.39, 0.29) is 11.6 Å². The fourth-order valence-electron chi connectivity index (χ4n) is 5.46. The molecule has 0 unspecified atom stereocenters. The molecular weight excluding hydrogens is 524 g/mol. The van der Waals surface area contributed by atoms with Gasteiger partial charge in [-0.15, -0.1) is 0 Å². The average molecular weight is 553 g/mol. The molecule has 3 aromatic carbocycles. The zero-order valence-corrected chi connectivity index (χ0v) is 23.3. The minimum absolute atomic E-state index is 0.118. The van der Waals surface area contributed by atoms with Gasteiger partial charge in [-0.1, -0.05) is 59.9 Å². The SMILES string of the molecule is CCOc1cc(/C=c2\sc3n(c2=O)[C@H](c2ccccc2OC)C2=C(N=3)c3ccccc3CC2)ccc1OC(C)=O. The smallest absolute Gasteiger partial charge is 0.308 e. The lowest BCUT2D eigenvalue weighted by Crippen LogP contribution is -2.39. The molecule has 7 nitrogen and oxygen atoms in total. The van der Waals surface area contributed by atoms with E-state index < -0.39 is 5.97 Å². The molecule has 2 aliphatic rings. The number of benzene rings is 3. The standard InChI is InChI=1S/C32H28N2O5S/c1-4-38-27-17-20(13-16-26(27)39-19(2)35)18-28-31(36)34-30(23-11-7-8-12-25(23)37-3)24-15-14-21-9-5-6-10-22(21)29(24)33-32(34)40-28/h5-13,16-18,30H,4,14-15H2,1-3H3/b28-18-/t30-/m1/s1. The number of methoxy groups -OCH3 is 1. The van der Waals surface area contributed by atoms with E-state index >= 15 is 0 Å². The fourth-order valence-corrected chi connectivity index (χ4v) is 6.47. The van der Waals surface area contributed by atoms with Crippen molar-refractivity contribution >= 4 is 29.1 Å². The maximum Gasteiger partial charge on any atom is 0.308 e. The fraction of sp³-hybridized carbons (Fsp3) is 0.219. The molecule has 1 aliphatic heterocycles. The Morgan fingerprint density at radius 3 is 2.65 bits per heavy atom. The van der Waals surface area contributed by atoms with E-state index in [1.807, 2.05) is 43.3 Å². The molecule has 2 heterocycles. The topological polar surface area (TPSA) is 79.1 Å². The molecule has 6 rings (SSSR count). The summed E-state index contributed by atoms with van der Waals surface area (Å²) in [6.45, 7) is 3.62. The minimum Gasteiger partial charge on any atom is -0.496 e. The number of para-hydroxylation sites is 1. The second-order valence-electron chi connectivity index (χ2n) is 9.59. The van der Waals surface area contributed by atoms with Gasteiger partial charge in [-0.2, -0.15) is 0 Å². The Morgan fingerprint density at radius 2 is 1.85 bits per heavy atom. The largest absolute Gasteiger partial charge is 0.496 e. The maximum atomic E-state index is 14.1. The van der Waals surface area contributed by atoms with Crippen LogP contribution in [0, 0.1) is 0 Å². The Balaban J connectivity index is 1.56. The molecule has 0 N–H and O–H groups in total. The van der Waals surface area contributed by atoms with Crippen molar-refractivity contribution in [2.45, 2.75) is 32.7 Å². The van der Waals surface area contributed by atoms with Crippen molar-refractivity contribution < 1.29 is 19.0 Å². The van der Waals surface area contributed by atoms with Crippen LogP contribution in [-0.4, -0.2) is 24.3 Å². The lowest BCUT2D eigenvalue weighted by atomic mass is 9.83. The summed E-state index contributed by atoms with van der Waals surface area (Å²) in [4.78, 5) is 31.3. The van der Waals surface area contributed by atoms with Crippen LogP contribution in [0.3, 0.4) is 0 Å². The van der Waals surface area contributed by atoms with Crippen molar-refractivity contribution in [3.63, 3.8) is 0 Å². The number of hydrogen-bond acceptors (Lipinski definition) is 7. The van der Waals surface area contributed by atoms with Crippen LogP contribution in [0.15, 0.2) is 82.1 Å². The zero-order valence-electron chi connectivity index (χ0n) is 22.5. The third-order valence-electron chi connectivity index (χ3n) is 7.13. The van der Waals surface area contributed by atoms with Gasteiger partial charge in [0.25, 0.3) is 5.56 Å². The van der Waals surface area contributed by atoms with E-state index in [9.17, 15) is 9.59 Å². The monoisotopic (exact) mass is 552 g/mol. The minimum atomic E-state index is -0.427. The summed E-state index contributed by atoms with van der Waals surface area (Å²) >= 11 is 1.36. The number of aryl methyl sites for hydroxylation is 1. The summed E-state index contributed by atoms with van der Waals surface area (Å²) < 4.78 is 19.1. The lowest BCUT2D eigenvalue weighted by molar-refractivity contribution is -0.132. The number of esters is 1. The van der Waals surface area contributed by atoms with Crippen molar-refractivity contribution in [3.05, 3.63) is 114 Å². The van der Waals surface area contributed by atoms with E-state index in [4.69, 9.17) is 19.2 Å². The average Bonchev–Trinajstić information content (AvgIpc) is 3.27. The molecule has 4 aromatic rings. The number of allylic oxidation sites excluding steroid dienone is 1. The number of hydrogen-bond donors (Lipinski definition) is 0. The van der Waals surface area contributed by atoms with E-state index in [0.717, 1.165) is 46.6 Å². The number of ether oxygens (including phenoxy) is 3. The maximum absolute atomic E-state index is 14.1. The second kappa shape index (κ2) is 10.6. The van der Waals surface area contributed by atoms with Crippen molar-refractivity contribution in [2.75, 3.05) is 13.7 Å². The molecule has 0 spiro atoms. The Hall–Kier alpha value is -4.43. The zero-order chi connectivity index (χ0) is 27.8. The van der Waals surface area contributed by atoms with Gasteiger partial charge in [0, 0.05) is 18.1 Å². The van der Waals surface area contributed by atoms with Crippen LogP contribution in [0.2, 0.25) is 0 Å². The molecule has 40 heavy (non-hydrogen) atoms. The highest BCUT2D eigenvalue weighted by atomic mass is 32.1. The van der Waals surface area contributed by atoms with Crippen molar-refractivity contribution in [2.24, 2.45) is 4.99 Å². The molecule has 8 heteroatoms. The Kier molecular flexibility index (Phi) is 6.86. The quantitative estimate of drug-likeness (QED) is 0.257. The van der Waals surface area contributed by atoms with Gasteiger partial charge < -0.3 is 14.2 Å². The Morgan fingerprint density at radius 1 is 1.05 bits per heavy atom. The van der Waals surface area contributed by atoms with Crippen LogP contribution in [0.25, 0.3) is 11.8 Å². The highest BCUT2D eigenvalue weighted by Crippen LogP contribution is 2.43. The van der Waals surface area contributed by atoms with Crippen LogP contribution in [0.1, 0.15) is 48.6 Å². The predicted octanol–water partition coefficient (Wildman–Crippen LogP) is 4.65. The van der Waals surface area contributed by atoms with Gasteiger partial charge in [-0.25, -0.2) is 4.99 Å². The van der Waals surface area contributed by atoms with E-state index in [0.29, 0.717) is 27.4 Å². The first-order valence-corrected chi connectivity index (χ1v) is 14.0. The first kappa shape index (κ1) is 25.8. The number of rotatable bonds is 6. The Bertz CT molecular complexity index is 1850. The molecule has 0 bridgehead atoms.